The fourth-order valence-corrected chi connectivity index (χ4v) is 6.19. The van der Waals surface area contributed by atoms with Gasteiger partial charge in [0.25, 0.3) is 5.91 Å². The predicted molar refractivity (Wildman–Crippen MR) is 224 cm³/mol. The average molecular weight is 837 g/mol. The van der Waals surface area contributed by atoms with Crippen LogP contribution in [0.3, 0.4) is 0 Å². The van der Waals surface area contributed by atoms with Crippen molar-refractivity contribution in [1.29, 1.82) is 0 Å². The van der Waals surface area contributed by atoms with E-state index in [1.165, 1.54) is 24.3 Å². The third-order valence-electron chi connectivity index (χ3n) is 10.0. The van der Waals surface area contributed by atoms with E-state index in [0.717, 1.165) is 0 Å². The Hall–Kier alpha value is -6.38. The molecule has 4 aromatic carbocycles. The minimum Gasteiger partial charge on any atom is -0.478 e. The number of amides is 1. The van der Waals surface area contributed by atoms with Crippen LogP contribution < -0.4 is 11.1 Å². The monoisotopic (exact) mass is 836 g/mol. The second-order valence-electron chi connectivity index (χ2n) is 14.0. The Labute approximate surface area is 354 Å². The van der Waals surface area contributed by atoms with Crippen LogP contribution in [0.4, 0.5) is 8.78 Å². The number of ether oxygens (including phenoxy) is 4. The van der Waals surface area contributed by atoms with E-state index in [4.69, 9.17) is 29.8 Å². The Morgan fingerprint density at radius 3 is 1.46 bits per heavy atom. The molecule has 0 spiro atoms. The Morgan fingerprint density at radius 1 is 0.639 bits per heavy atom. The highest BCUT2D eigenvalue weighted by Gasteiger charge is 2.42. The fourth-order valence-electron chi connectivity index (χ4n) is 6.19. The zero-order valence-corrected chi connectivity index (χ0v) is 34.3. The van der Waals surface area contributed by atoms with Gasteiger partial charge in [0.05, 0.1) is 40.7 Å². The van der Waals surface area contributed by atoms with E-state index in [1.807, 2.05) is 0 Å². The van der Waals surface area contributed by atoms with Gasteiger partial charge in [-0.15, -0.1) is 0 Å². The Balaban J connectivity index is 0.000000223. The van der Waals surface area contributed by atoms with E-state index in [0.29, 0.717) is 99.7 Å². The number of hydrogen-bond acceptors (Lipinski definition) is 9. The molecule has 2 saturated heterocycles. The molecule has 11 nitrogen and oxygen atoms in total. The minimum absolute atomic E-state index is 0.166. The molecule has 2 aliphatic rings. The van der Waals surface area contributed by atoms with E-state index in [2.05, 4.69) is 29.0 Å². The quantitative estimate of drug-likeness (QED) is 0.125. The molecule has 2 aliphatic heterocycles. The Kier molecular flexibility index (Phi) is 18.6. The van der Waals surface area contributed by atoms with E-state index in [9.17, 15) is 28.0 Å². The molecule has 0 radical (unpaired) electrons. The van der Waals surface area contributed by atoms with Crippen molar-refractivity contribution in [2.24, 2.45) is 16.6 Å². The standard InChI is InChI=1S/C24H24FNO4.C15H9FO2.C9H17NO3/c1-2-30-23(28)24(13-15-29-16-14-24)17-26-22(27)20-11-8-18(9-12-20)7-10-19-5-3-4-6-21(19)25;16-14-4-2-1-3-12(14)8-5-11-6-9-13(10-7-11)15(17)18;1-2-13-8(11)9(7-10)3-5-12-6-4-9/h3-6,8-9,11-12H,2,13-17H2,1H3,(H,26,27);1-4,6-7,9-10H,(H,17,18);2-7,10H2,1H3. The number of carbonyl (C=O) groups is 4. The van der Waals surface area contributed by atoms with E-state index in [1.54, 1.807) is 86.6 Å². The largest absolute Gasteiger partial charge is 0.478 e. The molecule has 2 fully saturated rings. The number of carbonyl (C=O) groups excluding carboxylic acids is 3. The Bertz CT molecular complexity index is 2210. The molecule has 4 aromatic rings. The topological polar surface area (TPSA) is 163 Å². The fraction of sp³-hybridized carbons (Fsp3) is 0.333. The number of esters is 2. The first-order valence-corrected chi connectivity index (χ1v) is 19.9. The zero-order valence-electron chi connectivity index (χ0n) is 34.3. The van der Waals surface area contributed by atoms with Gasteiger partial charge in [-0.1, -0.05) is 47.9 Å². The summed E-state index contributed by atoms with van der Waals surface area (Å²) in [6, 6.07) is 25.4. The third-order valence-corrected chi connectivity index (χ3v) is 10.0. The molecule has 320 valence electrons. The number of nitrogens with two attached hydrogens (primary N) is 1. The SMILES string of the molecule is CCOC(=O)C1(CN)CCOCC1.CCOC(=O)C1(CNC(=O)c2ccc(C#Cc3ccccc3F)cc2)CCOCC1.O=C(O)c1ccc(C#Cc2ccccc2F)cc1. The van der Waals surface area contributed by atoms with E-state index < -0.39 is 16.8 Å². The second kappa shape index (κ2) is 24.0. The van der Waals surface area contributed by atoms with E-state index >= 15 is 0 Å². The van der Waals surface area contributed by atoms with E-state index in [-0.39, 0.29) is 41.6 Å². The molecular formula is C48H50F2N2O9. The van der Waals surface area contributed by atoms with Gasteiger partial charge in [0, 0.05) is 56.2 Å². The molecule has 0 saturated carbocycles. The number of nitrogens with one attached hydrogen (secondary N) is 1. The lowest BCUT2D eigenvalue weighted by molar-refractivity contribution is -0.161. The van der Waals surface area contributed by atoms with Gasteiger partial charge < -0.3 is 35.1 Å². The highest BCUT2D eigenvalue weighted by Crippen LogP contribution is 2.32. The molecule has 1 amide bonds. The van der Waals surface area contributed by atoms with Crippen molar-refractivity contribution in [3.8, 4) is 23.7 Å². The normalized spacial score (nSPS) is 14.6. The van der Waals surface area contributed by atoms with Crippen molar-refractivity contribution in [1.82, 2.24) is 5.32 Å². The number of carboxylic acid groups (broad SMARTS) is 1. The summed E-state index contributed by atoms with van der Waals surface area (Å²) < 4.78 is 47.7. The Morgan fingerprint density at radius 2 is 1.05 bits per heavy atom. The van der Waals surface area contributed by atoms with Crippen molar-refractivity contribution < 1.29 is 52.0 Å². The maximum atomic E-state index is 13.6. The van der Waals surface area contributed by atoms with Gasteiger partial charge in [-0.2, -0.15) is 0 Å². The van der Waals surface area contributed by atoms with Crippen LogP contribution in [0, 0.1) is 46.1 Å². The summed E-state index contributed by atoms with van der Waals surface area (Å²) in [5.41, 5.74) is 6.99. The van der Waals surface area contributed by atoms with Crippen molar-refractivity contribution in [2.75, 3.05) is 52.7 Å². The van der Waals surface area contributed by atoms with Gasteiger partial charge in [0.2, 0.25) is 0 Å². The second-order valence-corrected chi connectivity index (χ2v) is 14.0. The summed E-state index contributed by atoms with van der Waals surface area (Å²) in [6.45, 7) is 6.98. The summed E-state index contributed by atoms with van der Waals surface area (Å²) in [7, 11) is 0. The molecule has 0 aliphatic carbocycles. The van der Waals surface area contributed by atoms with Crippen molar-refractivity contribution >= 4 is 23.8 Å². The van der Waals surface area contributed by atoms with Crippen LogP contribution in [0.1, 0.15) is 82.5 Å². The van der Waals surface area contributed by atoms with Crippen LogP contribution in [0.2, 0.25) is 0 Å². The first-order chi connectivity index (χ1) is 29.5. The number of benzene rings is 4. The third kappa shape index (κ3) is 14.1. The van der Waals surface area contributed by atoms with Gasteiger partial charge in [-0.25, -0.2) is 13.6 Å². The average Bonchev–Trinajstić information content (AvgIpc) is 3.29. The van der Waals surface area contributed by atoms with Crippen LogP contribution in [-0.4, -0.2) is 81.7 Å². The van der Waals surface area contributed by atoms with Crippen molar-refractivity contribution in [2.45, 2.75) is 39.5 Å². The van der Waals surface area contributed by atoms with Crippen molar-refractivity contribution in [3.05, 3.63) is 142 Å². The lowest BCUT2D eigenvalue weighted by atomic mass is 9.80. The highest BCUT2D eigenvalue weighted by molar-refractivity contribution is 5.94. The smallest absolute Gasteiger partial charge is 0.335 e. The molecule has 2 heterocycles. The molecule has 0 bridgehead atoms. The summed E-state index contributed by atoms with van der Waals surface area (Å²) >= 11 is 0. The van der Waals surface area contributed by atoms with Gasteiger partial charge in [-0.05, 0) is 112 Å². The van der Waals surface area contributed by atoms with Gasteiger partial charge in [0.1, 0.15) is 11.6 Å². The van der Waals surface area contributed by atoms with Crippen LogP contribution in [0.5, 0.6) is 0 Å². The molecule has 0 unspecified atom stereocenters. The summed E-state index contributed by atoms with van der Waals surface area (Å²) in [5.74, 6) is 8.70. The molecule has 4 N–H and O–H groups in total. The highest BCUT2D eigenvalue weighted by atomic mass is 19.1. The molecular weight excluding hydrogens is 787 g/mol. The predicted octanol–water partition coefficient (Wildman–Crippen LogP) is 6.54. The maximum Gasteiger partial charge on any atom is 0.335 e. The van der Waals surface area contributed by atoms with Crippen LogP contribution in [0.15, 0.2) is 97.1 Å². The van der Waals surface area contributed by atoms with Gasteiger partial charge in [0.15, 0.2) is 0 Å². The van der Waals surface area contributed by atoms with Gasteiger partial charge in [-0.3, -0.25) is 14.4 Å². The lowest BCUT2D eigenvalue weighted by Crippen LogP contribution is -2.47. The first kappa shape index (κ1) is 47.3. The summed E-state index contributed by atoms with van der Waals surface area (Å²) in [6.07, 6.45) is 2.39. The number of halogens is 2. The summed E-state index contributed by atoms with van der Waals surface area (Å²) in [5, 5.41) is 11.6. The number of rotatable bonds is 9. The number of hydrogen-bond donors (Lipinski definition) is 3. The molecule has 6 rings (SSSR count). The first-order valence-electron chi connectivity index (χ1n) is 19.9. The minimum atomic E-state index is -0.983. The molecule has 0 aromatic heterocycles. The van der Waals surface area contributed by atoms with Crippen LogP contribution >= 0.6 is 0 Å². The molecule has 13 heteroatoms. The lowest BCUT2D eigenvalue weighted by Gasteiger charge is -2.34. The molecule has 0 atom stereocenters. The van der Waals surface area contributed by atoms with Crippen molar-refractivity contribution in [3.63, 3.8) is 0 Å². The van der Waals surface area contributed by atoms with Crippen LogP contribution in [0.25, 0.3) is 0 Å². The molecule has 61 heavy (non-hydrogen) atoms. The maximum absolute atomic E-state index is 13.6. The number of aromatic carboxylic acids is 1. The van der Waals surface area contributed by atoms with Gasteiger partial charge >= 0.3 is 17.9 Å². The zero-order chi connectivity index (χ0) is 44.1. The summed E-state index contributed by atoms with van der Waals surface area (Å²) in [4.78, 5) is 47.3. The van der Waals surface area contributed by atoms with Crippen LogP contribution in [-0.2, 0) is 28.5 Å². The number of carboxylic acids is 1.